The van der Waals surface area contributed by atoms with Crippen LogP contribution in [0.3, 0.4) is 0 Å². The van der Waals surface area contributed by atoms with E-state index in [4.69, 9.17) is 4.74 Å². The average molecular weight is 421 g/mol. The zero-order chi connectivity index (χ0) is 21.9. The van der Waals surface area contributed by atoms with E-state index in [-0.39, 0.29) is 11.4 Å². The van der Waals surface area contributed by atoms with Crippen molar-refractivity contribution in [3.63, 3.8) is 0 Å². The number of nitro benzene ring substituents is 1. The minimum Gasteiger partial charge on any atom is -0.410 e. The van der Waals surface area contributed by atoms with Crippen LogP contribution in [0, 0.1) is 10.1 Å². The summed E-state index contributed by atoms with van der Waals surface area (Å²) in [7, 11) is 0. The fraction of sp³-hybridized carbons (Fsp3) is 0.708. The van der Waals surface area contributed by atoms with Gasteiger partial charge in [0.1, 0.15) is 5.75 Å². The smallest absolute Gasteiger partial charge is 0.410 e. The van der Waals surface area contributed by atoms with Crippen LogP contribution in [0.2, 0.25) is 0 Å². The second-order valence-electron chi connectivity index (χ2n) is 8.02. The number of nitrogens with zero attached hydrogens (tertiary/aromatic N) is 1. The van der Waals surface area contributed by atoms with Crippen LogP contribution in [0.1, 0.15) is 103 Å². The Morgan fingerprint density at radius 2 is 1.37 bits per heavy atom. The van der Waals surface area contributed by atoms with E-state index < -0.39 is 11.0 Å². The van der Waals surface area contributed by atoms with Crippen molar-refractivity contribution in [2.45, 2.75) is 103 Å². The predicted octanol–water partition coefficient (Wildman–Crippen LogP) is 7.55. The molecule has 1 rings (SSSR count). The van der Waals surface area contributed by atoms with Gasteiger partial charge in [0.05, 0.1) is 11.0 Å². The summed E-state index contributed by atoms with van der Waals surface area (Å²) in [5, 5.41) is 13.4. The highest BCUT2D eigenvalue weighted by Crippen LogP contribution is 2.19. The molecule has 6 heteroatoms. The van der Waals surface area contributed by atoms with Crippen LogP contribution >= 0.6 is 0 Å². The first-order valence-corrected chi connectivity index (χ1v) is 11.8. The Morgan fingerprint density at radius 3 is 1.87 bits per heavy atom. The van der Waals surface area contributed by atoms with Gasteiger partial charge in [0.25, 0.3) is 5.69 Å². The van der Waals surface area contributed by atoms with E-state index in [0.29, 0.717) is 6.54 Å². The Hall–Kier alpha value is -2.11. The van der Waals surface area contributed by atoms with Crippen molar-refractivity contribution in [2.75, 3.05) is 6.54 Å². The molecule has 0 aliphatic rings. The molecular formula is C24H40N2O4. The Bertz CT molecular complexity index is 592. The van der Waals surface area contributed by atoms with Crippen LogP contribution < -0.4 is 10.1 Å². The lowest BCUT2D eigenvalue weighted by molar-refractivity contribution is -0.384. The third-order valence-corrected chi connectivity index (χ3v) is 5.29. The standard InChI is InChI=1S/C24H40N2O4/c1-2-3-4-5-6-7-8-9-10-11-12-13-14-15-16-20-25-24(27)30-23-19-17-18-22(21-23)26(28)29/h17-19,21H,2-16,20H2,1H3,(H,25,27). The summed E-state index contributed by atoms with van der Waals surface area (Å²) in [5.74, 6) is 0.179. The fourth-order valence-electron chi connectivity index (χ4n) is 3.49. The molecule has 0 aliphatic carbocycles. The van der Waals surface area contributed by atoms with Crippen molar-refractivity contribution < 1.29 is 14.5 Å². The SMILES string of the molecule is CCCCCCCCCCCCCCCCCNC(=O)Oc1cccc([N+](=O)[O-])c1. The minimum absolute atomic E-state index is 0.0947. The molecular weight excluding hydrogens is 380 g/mol. The van der Waals surface area contributed by atoms with Crippen LogP contribution in [0.15, 0.2) is 24.3 Å². The Balaban J connectivity index is 1.88. The van der Waals surface area contributed by atoms with Crippen LogP contribution in [0.5, 0.6) is 5.75 Å². The highest BCUT2D eigenvalue weighted by atomic mass is 16.6. The molecule has 0 saturated carbocycles. The van der Waals surface area contributed by atoms with Gasteiger partial charge < -0.3 is 10.1 Å². The first-order chi connectivity index (χ1) is 14.6. The van der Waals surface area contributed by atoms with Crippen molar-refractivity contribution in [3.8, 4) is 5.75 Å². The summed E-state index contributed by atoms with van der Waals surface area (Å²) in [6.45, 7) is 2.82. The Kier molecular flexibility index (Phi) is 15.3. The van der Waals surface area contributed by atoms with Gasteiger partial charge in [0.2, 0.25) is 0 Å². The number of nitro groups is 1. The zero-order valence-electron chi connectivity index (χ0n) is 18.7. The lowest BCUT2D eigenvalue weighted by Gasteiger charge is -2.06. The number of nitrogens with one attached hydrogen (secondary N) is 1. The highest BCUT2D eigenvalue weighted by molar-refractivity contribution is 5.70. The third-order valence-electron chi connectivity index (χ3n) is 5.29. The summed E-state index contributed by atoms with van der Waals surface area (Å²) < 4.78 is 5.07. The summed E-state index contributed by atoms with van der Waals surface area (Å²) >= 11 is 0. The molecule has 0 atom stereocenters. The van der Waals surface area contributed by atoms with Crippen LogP contribution in [0.25, 0.3) is 0 Å². The number of non-ortho nitro benzene ring substituents is 1. The molecule has 1 aromatic carbocycles. The topological polar surface area (TPSA) is 81.5 Å². The van der Waals surface area contributed by atoms with Gasteiger partial charge in [-0.15, -0.1) is 0 Å². The van der Waals surface area contributed by atoms with Crippen molar-refractivity contribution in [2.24, 2.45) is 0 Å². The van der Waals surface area contributed by atoms with E-state index in [0.717, 1.165) is 12.8 Å². The molecule has 0 spiro atoms. The van der Waals surface area contributed by atoms with Crippen LogP contribution in [-0.2, 0) is 0 Å². The quantitative estimate of drug-likeness (QED) is 0.151. The molecule has 6 nitrogen and oxygen atoms in total. The Morgan fingerprint density at radius 1 is 0.867 bits per heavy atom. The lowest BCUT2D eigenvalue weighted by atomic mass is 10.0. The van der Waals surface area contributed by atoms with Crippen molar-refractivity contribution in [3.05, 3.63) is 34.4 Å². The van der Waals surface area contributed by atoms with E-state index in [2.05, 4.69) is 12.2 Å². The summed E-state index contributed by atoms with van der Waals surface area (Å²) in [6, 6.07) is 5.63. The molecule has 0 aliphatic heterocycles. The second kappa shape index (κ2) is 17.7. The molecule has 1 aromatic rings. The van der Waals surface area contributed by atoms with Crippen LogP contribution in [0.4, 0.5) is 10.5 Å². The van der Waals surface area contributed by atoms with Crippen molar-refractivity contribution >= 4 is 11.8 Å². The maximum Gasteiger partial charge on any atom is 0.412 e. The largest absolute Gasteiger partial charge is 0.412 e. The number of unbranched alkanes of at least 4 members (excludes halogenated alkanes) is 14. The van der Waals surface area contributed by atoms with E-state index in [1.165, 1.54) is 108 Å². The van der Waals surface area contributed by atoms with Gasteiger partial charge in [-0.1, -0.05) is 103 Å². The maximum atomic E-state index is 11.7. The molecule has 0 aromatic heterocycles. The van der Waals surface area contributed by atoms with Gasteiger partial charge in [-0.3, -0.25) is 10.1 Å². The number of hydrogen-bond acceptors (Lipinski definition) is 4. The van der Waals surface area contributed by atoms with Crippen molar-refractivity contribution in [1.82, 2.24) is 5.32 Å². The molecule has 30 heavy (non-hydrogen) atoms. The number of rotatable bonds is 18. The number of ether oxygens (including phenoxy) is 1. The maximum absolute atomic E-state index is 11.7. The van der Waals surface area contributed by atoms with E-state index in [1.54, 1.807) is 0 Å². The van der Waals surface area contributed by atoms with Gasteiger partial charge in [0.15, 0.2) is 0 Å². The number of amides is 1. The number of carbonyl (C=O) groups excluding carboxylic acids is 1. The monoisotopic (exact) mass is 420 g/mol. The molecule has 1 N–H and O–H groups in total. The van der Waals surface area contributed by atoms with Gasteiger partial charge in [0, 0.05) is 12.6 Å². The number of benzene rings is 1. The number of carbonyl (C=O) groups is 1. The third kappa shape index (κ3) is 14.0. The molecule has 0 radical (unpaired) electrons. The summed E-state index contributed by atoms with van der Waals surface area (Å²) in [5.41, 5.74) is -0.0947. The molecule has 0 saturated heterocycles. The fourth-order valence-corrected chi connectivity index (χ4v) is 3.49. The zero-order valence-corrected chi connectivity index (χ0v) is 18.7. The molecule has 0 heterocycles. The highest BCUT2D eigenvalue weighted by Gasteiger charge is 2.09. The molecule has 1 amide bonds. The molecule has 0 fully saturated rings. The van der Waals surface area contributed by atoms with Gasteiger partial charge >= 0.3 is 6.09 Å². The minimum atomic E-state index is -0.569. The van der Waals surface area contributed by atoms with E-state index in [9.17, 15) is 14.9 Å². The van der Waals surface area contributed by atoms with Crippen LogP contribution in [-0.4, -0.2) is 17.6 Å². The summed E-state index contributed by atoms with van der Waals surface area (Å²) in [4.78, 5) is 22.0. The molecule has 170 valence electrons. The summed E-state index contributed by atoms with van der Waals surface area (Å²) in [6.07, 6.45) is 19.0. The van der Waals surface area contributed by atoms with Gasteiger partial charge in [-0.05, 0) is 12.5 Å². The molecule has 0 unspecified atom stereocenters. The second-order valence-corrected chi connectivity index (χ2v) is 8.02. The average Bonchev–Trinajstić information content (AvgIpc) is 2.73. The predicted molar refractivity (Wildman–Crippen MR) is 122 cm³/mol. The number of hydrogen-bond donors (Lipinski definition) is 1. The first-order valence-electron chi connectivity index (χ1n) is 11.8. The Labute approximate surface area is 181 Å². The first kappa shape index (κ1) is 25.9. The lowest BCUT2D eigenvalue weighted by Crippen LogP contribution is -2.27. The van der Waals surface area contributed by atoms with Gasteiger partial charge in [-0.2, -0.15) is 0 Å². The van der Waals surface area contributed by atoms with E-state index in [1.807, 2.05) is 0 Å². The van der Waals surface area contributed by atoms with Gasteiger partial charge in [-0.25, -0.2) is 4.79 Å². The normalized spacial score (nSPS) is 10.7. The van der Waals surface area contributed by atoms with Crippen molar-refractivity contribution in [1.29, 1.82) is 0 Å². The molecule has 0 bridgehead atoms. The van der Waals surface area contributed by atoms with E-state index >= 15 is 0 Å².